The first-order chi connectivity index (χ1) is 9.06. The Bertz CT molecular complexity index is 617. The summed E-state index contributed by atoms with van der Waals surface area (Å²) in [6, 6.07) is 5.33. The SMILES string of the molecule is CCc1nc(CC)n(-c2ccc(C(=N)N)c(Cl)c2)n1. The predicted octanol–water partition coefficient (Wildman–Crippen LogP) is 2.33. The van der Waals surface area contributed by atoms with E-state index in [1.54, 1.807) is 16.8 Å². The fourth-order valence-electron chi connectivity index (χ4n) is 1.83. The van der Waals surface area contributed by atoms with Crippen molar-refractivity contribution in [2.24, 2.45) is 5.73 Å². The molecule has 3 N–H and O–H groups in total. The average molecular weight is 278 g/mol. The summed E-state index contributed by atoms with van der Waals surface area (Å²) in [5, 5.41) is 12.3. The van der Waals surface area contributed by atoms with Gasteiger partial charge in [-0.15, -0.1) is 0 Å². The number of rotatable bonds is 4. The highest BCUT2D eigenvalue weighted by Crippen LogP contribution is 2.20. The van der Waals surface area contributed by atoms with Crippen molar-refractivity contribution < 1.29 is 0 Å². The van der Waals surface area contributed by atoms with Crippen molar-refractivity contribution in [2.45, 2.75) is 26.7 Å². The van der Waals surface area contributed by atoms with E-state index in [0.717, 1.165) is 30.2 Å². The van der Waals surface area contributed by atoms with Crippen molar-refractivity contribution in [2.75, 3.05) is 0 Å². The largest absolute Gasteiger partial charge is 0.384 e. The number of aromatic nitrogens is 3. The molecule has 5 nitrogen and oxygen atoms in total. The first-order valence-corrected chi connectivity index (χ1v) is 6.53. The van der Waals surface area contributed by atoms with Gasteiger partial charge in [0.2, 0.25) is 0 Å². The summed E-state index contributed by atoms with van der Waals surface area (Å²) >= 11 is 6.13. The minimum atomic E-state index is -0.0416. The number of hydrogen-bond acceptors (Lipinski definition) is 3. The molecule has 1 heterocycles. The molecule has 0 amide bonds. The summed E-state index contributed by atoms with van der Waals surface area (Å²) < 4.78 is 1.79. The minimum absolute atomic E-state index is 0.0416. The molecular weight excluding hydrogens is 262 g/mol. The van der Waals surface area contributed by atoms with E-state index in [9.17, 15) is 0 Å². The van der Waals surface area contributed by atoms with Crippen molar-refractivity contribution in [3.05, 3.63) is 40.4 Å². The lowest BCUT2D eigenvalue weighted by Gasteiger charge is -2.07. The lowest BCUT2D eigenvalue weighted by molar-refractivity contribution is 0.791. The second-order valence-corrected chi connectivity index (χ2v) is 4.55. The molecule has 0 atom stereocenters. The van der Waals surface area contributed by atoms with E-state index in [2.05, 4.69) is 10.1 Å². The third-order valence-electron chi connectivity index (χ3n) is 2.84. The Morgan fingerprint density at radius 2 is 2.11 bits per heavy atom. The van der Waals surface area contributed by atoms with Crippen LogP contribution in [0.3, 0.4) is 0 Å². The van der Waals surface area contributed by atoms with Crippen LogP contribution in [0.4, 0.5) is 0 Å². The highest BCUT2D eigenvalue weighted by atomic mass is 35.5. The molecule has 0 saturated carbocycles. The lowest BCUT2D eigenvalue weighted by Crippen LogP contribution is -2.12. The van der Waals surface area contributed by atoms with Crippen LogP contribution in [-0.2, 0) is 12.8 Å². The summed E-state index contributed by atoms with van der Waals surface area (Å²) in [5.74, 6) is 1.66. The number of amidine groups is 1. The molecule has 0 spiro atoms. The van der Waals surface area contributed by atoms with Crippen LogP contribution in [-0.4, -0.2) is 20.6 Å². The van der Waals surface area contributed by atoms with Crippen LogP contribution in [0, 0.1) is 5.41 Å². The van der Waals surface area contributed by atoms with Gasteiger partial charge in [-0.3, -0.25) is 5.41 Å². The topological polar surface area (TPSA) is 80.6 Å². The first kappa shape index (κ1) is 13.5. The van der Waals surface area contributed by atoms with Gasteiger partial charge in [-0.25, -0.2) is 9.67 Å². The molecule has 0 aliphatic carbocycles. The molecule has 0 fully saturated rings. The molecule has 0 radical (unpaired) electrons. The number of nitrogens with one attached hydrogen (secondary N) is 1. The van der Waals surface area contributed by atoms with Gasteiger partial charge >= 0.3 is 0 Å². The summed E-state index contributed by atoms with van der Waals surface area (Å²) in [4.78, 5) is 4.45. The normalized spacial score (nSPS) is 10.7. The fourth-order valence-corrected chi connectivity index (χ4v) is 2.11. The average Bonchev–Trinajstić information content (AvgIpc) is 2.81. The maximum absolute atomic E-state index is 7.42. The molecule has 1 aromatic carbocycles. The Balaban J connectivity index is 2.50. The van der Waals surface area contributed by atoms with Gasteiger partial charge in [0.15, 0.2) is 5.82 Å². The molecule has 0 aliphatic rings. The third-order valence-corrected chi connectivity index (χ3v) is 3.15. The molecular formula is C13H16ClN5. The molecule has 0 aliphatic heterocycles. The zero-order valence-electron chi connectivity index (χ0n) is 10.9. The highest BCUT2D eigenvalue weighted by molar-refractivity contribution is 6.34. The van der Waals surface area contributed by atoms with E-state index < -0.39 is 0 Å². The van der Waals surface area contributed by atoms with Gasteiger partial charge in [0.05, 0.1) is 10.7 Å². The molecule has 2 rings (SSSR count). The fraction of sp³-hybridized carbons (Fsp3) is 0.308. The number of nitrogens with two attached hydrogens (primary N) is 1. The van der Waals surface area contributed by atoms with E-state index >= 15 is 0 Å². The first-order valence-electron chi connectivity index (χ1n) is 6.16. The number of halogens is 1. The Kier molecular flexibility index (Phi) is 3.85. The van der Waals surface area contributed by atoms with Crippen LogP contribution in [0.25, 0.3) is 5.69 Å². The Hall–Kier alpha value is -1.88. The number of nitrogen functional groups attached to an aromatic ring is 1. The Morgan fingerprint density at radius 3 is 2.63 bits per heavy atom. The number of hydrogen-bond donors (Lipinski definition) is 2. The van der Waals surface area contributed by atoms with Gasteiger partial charge in [-0.05, 0) is 18.2 Å². The monoisotopic (exact) mass is 277 g/mol. The van der Waals surface area contributed by atoms with Crippen molar-refractivity contribution in [1.82, 2.24) is 14.8 Å². The molecule has 0 unspecified atom stereocenters. The van der Waals surface area contributed by atoms with Gasteiger partial charge in [-0.2, -0.15) is 5.10 Å². The number of aryl methyl sites for hydroxylation is 2. The van der Waals surface area contributed by atoms with E-state index in [1.807, 2.05) is 19.9 Å². The second kappa shape index (κ2) is 5.40. The molecule has 0 saturated heterocycles. The summed E-state index contributed by atoms with van der Waals surface area (Å²) in [7, 11) is 0. The number of benzene rings is 1. The van der Waals surface area contributed by atoms with Gasteiger partial charge in [0, 0.05) is 18.4 Å². The van der Waals surface area contributed by atoms with E-state index in [1.165, 1.54) is 0 Å². The van der Waals surface area contributed by atoms with E-state index in [4.69, 9.17) is 22.7 Å². The summed E-state index contributed by atoms with van der Waals surface area (Å²) in [6.07, 6.45) is 1.58. The van der Waals surface area contributed by atoms with Crippen LogP contribution in [0.5, 0.6) is 0 Å². The third kappa shape index (κ3) is 2.61. The molecule has 100 valence electrons. The quantitative estimate of drug-likeness (QED) is 0.665. The Labute approximate surface area is 116 Å². The smallest absolute Gasteiger partial charge is 0.151 e. The van der Waals surface area contributed by atoms with Gasteiger partial charge in [-0.1, -0.05) is 25.4 Å². The maximum Gasteiger partial charge on any atom is 0.151 e. The van der Waals surface area contributed by atoms with Crippen LogP contribution >= 0.6 is 11.6 Å². The lowest BCUT2D eigenvalue weighted by atomic mass is 10.2. The predicted molar refractivity (Wildman–Crippen MR) is 76.1 cm³/mol. The van der Waals surface area contributed by atoms with Crippen molar-refractivity contribution >= 4 is 17.4 Å². The summed E-state index contributed by atoms with van der Waals surface area (Å²) in [5.41, 5.74) is 6.81. The van der Waals surface area contributed by atoms with Gasteiger partial charge in [0.25, 0.3) is 0 Å². The molecule has 6 heteroatoms. The molecule has 1 aromatic heterocycles. The summed E-state index contributed by atoms with van der Waals surface area (Å²) in [6.45, 7) is 4.05. The van der Waals surface area contributed by atoms with E-state index in [-0.39, 0.29) is 5.84 Å². The molecule has 2 aromatic rings. The second-order valence-electron chi connectivity index (χ2n) is 4.14. The van der Waals surface area contributed by atoms with E-state index in [0.29, 0.717) is 10.6 Å². The minimum Gasteiger partial charge on any atom is -0.384 e. The van der Waals surface area contributed by atoms with Crippen LogP contribution in [0.1, 0.15) is 31.1 Å². The highest BCUT2D eigenvalue weighted by Gasteiger charge is 2.11. The van der Waals surface area contributed by atoms with Crippen LogP contribution in [0.2, 0.25) is 5.02 Å². The zero-order valence-corrected chi connectivity index (χ0v) is 11.7. The van der Waals surface area contributed by atoms with Crippen molar-refractivity contribution in [3.8, 4) is 5.69 Å². The van der Waals surface area contributed by atoms with Crippen LogP contribution < -0.4 is 5.73 Å². The standard InChI is InChI=1S/C13H16ClN5/c1-3-11-17-12(4-2)19(18-11)8-5-6-9(13(15)16)10(14)7-8/h5-7H,3-4H2,1-2H3,(H3,15,16). The molecule has 0 bridgehead atoms. The van der Waals surface area contributed by atoms with Crippen LogP contribution in [0.15, 0.2) is 18.2 Å². The van der Waals surface area contributed by atoms with Gasteiger partial charge in [0.1, 0.15) is 11.7 Å². The maximum atomic E-state index is 7.42. The Morgan fingerprint density at radius 1 is 1.37 bits per heavy atom. The van der Waals surface area contributed by atoms with Crippen molar-refractivity contribution in [3.63, 3.8) is 0 Å². The zero-order chi connectivity index (χ0) is 14.0. The molecule has 19 heavy (non-hydrogen) atoms. The van der Waals surface area contributed by atoms with Crippen molar-refractivity contribution in [1.29, 1.82) is 5.41 Å². The van der Waals surface area contributed by atoms with Gasteiger partial charge < -0.3 is 5.73 Å². The number of nitrogens with zero attached hydrogens (tertiary/aromatic N) is 3.